The van der Waals surface area contributed by atoms with E-state index in [1.54, 1.807) is 24.3 Å². The molecule has 1 amide bonds. The molecule has 0 saturated carbocycles. The van der Waals surface area contributed by atoms with Gasteiger partial charge in [-0.05, 0) is 44.0 Å². The molecule has 0 bridgehead atoms. The fraction of sp³-hybridized carbons (Fsp3) is 0.320. The van der Waals surface area contributed by atoms with Gasteiger partial charge in [-0.2, -0.15) is 0 Å². The Labute approximate surface area is 196 Å². The number of carbonyl (C=O) groups is 3. The first-order valence-electron chi connectivity index (χ1n) is 10.8. The minimum Gasteiger partial charge on any atom is -0.451 e. The van der Waals surface area contributed by atoms with Crippen molar-refractivity contribution in [2.24, 2.45) is 5.73 Å². The van der Waals surface area contributed by atoms with E-state index >= 15 is 0 Å². The van der Waals surface area contributed by atoms with E-state index in [1.807, 2.05) is 0 Å². The monoisotopic (exact) mass is 472 g/mol. The van der Waals surface area contributed by atoms with E-state index in [2.05, 4.69) is 18.8 Å². The van der Waals surface area contributed by atoms with Crippen molar-refractivity contribution in [3.8, 4) is 0 Å². The lowest BCUT2D eigenvalue weighted by Gasteiger charge is -2.28. The third-order valence-corrected chi connectivity index (χ3v) is 5.88. The van der Waals surface area contributed by atoms with Gasteiger partial charge >= 0.3 is 5.97 Å². The number of esters is 1. The highest BCUT2D eigenvalue weighted by Gasteiger charge is 2.44. The molecule has 1 aromatic heterocycles. The Kier molecular flexibility index (Phi) is 7.22. The maximum atomic E-state index is 13.2. The zero-order valence-corrected chi connectivity index (χ0v) is 19.5. The number of nitrogens with one attached hydrogen (secondary N) is 1. The first kappa shape index (κ1) is 24.5. The van der Waals surface area contributed by atoms with Gasteiger partial charge in [-0.25, -0.2) is 9.18 Å². The van der Waals surface area contributed by atoms with Crippen molar-refractivity contribution in [3.05, 3.63) is 69.6 Å². The van der Waals surface area contributed by atoms with E-state index in [9.17, 15) is 18.8 Å². The van der Waals surface area contributed by atoms with Gasteiger partial charge in [-0.1, -0.05) is 50.4 Å². The van der Waals surface area contributed by atoms with Gasteiger partial charge in [0.15, 0.2) is 5.78 Å². The number of fused-ring (bicyclic) bond motifs is 2. The maximum Gasteiger partial charge on any atom is 0.339 e. The largest absolute Gasteiger partial charge is 0.451 e. The topological polar surface area (TPSA) is 102 Å². The highest BCUT2D eigenvalue weighted by Crippen LogP contribution is 2.43. The van der Waals surface area contributed by atoms with E-state index in [-0.39, 0.29) is 23.3 Å². The number of nitrogens with two attached hydrogens (primary N) is 1. The molecule has 4 rings (SSSR count). The van der Waals surface area contributed by atoms with Gasteiger partial charge in [0.25, 0.3) is 5.91 Å². The molecule has 6 nitrogen and oxygen atoms in total. The van der Waals surface area contributed by atoms with E-state index in [1.165, 1.54) is 19.1 Å². The third-order valence-electron chi connectivity index (χ3n) is 5.65. The smallest absolute Gasteiger partial charge is 0.339 e. The number of carbonyl (C=O) groups excluding carboxylic acids is 3. The molecule has 33 heavy (non-hydrogen) atoms. The predicted octanol–water partition coefficient (Wildman–Crippen LogP) is 5.91. The standard InChI is InChI=1S/C14H17FO2.C11H9ClN2O2/c1-3-7-14(8-4-2)12-6-5-10(15)9-11(12)13(16)17-14;1-5(15)9-7-3-2-6(12)4-8(7)14-10(9)11(13)16/h5-6,9H,3-4,7-8H2,1-2H3;2-4,14H,1H3,(H2,13,16). The van der Waals surface area contributed by atoms with Crippen LogP contribution in [-0.4, -0.2) is 22.6 Å². The van der Waals surface area contributed by atoms with Crippen LogP contribution >= 0.6 is 11.6 Å². The highest BCUT2D eigenvalue weighted by molar-refractivity contribution is 6.31. The average molecular weight is 473 g/mol. The van der Waals surface area contributed by atoms with Crippen molar-refractivity contribution in [1.82, 2.24) is 4.98 Å². The van der Waals surface area contributed by atoms with Crippen LogP contribution in [0.5, 0.6) is 0 Å². The SMILES string of the molecule is CC(=O)c1c(C(N)=O)[nH]c2cc(Cl)ccc12.CCCC1(CCC)OC(=O)c2cc(F)ccc21. The average Bonchev–Trinajstić information content (AvgIpc) is 3.25. The Morgan fingerprint density at radius 1 is 1.12 bits per heavy atom. The van der Waals surface area contributed by atoms with E-state index in [0.29, 0.717) is 27.1 Å². The Bertz CT molecular complexity index is 1230. The second-order valence-corrected chi connectivity index (χ2v) is 8.50. The van der Waals surface area contributed by atoms with Crippen molar-refractivity contribution in [2.75, 3.05) is 0 Å². The van der Waals surface area contributed by atoms with Gasteiger partial charge < -0.3 is 15.5 Å². The minimum absolute atomic E-state index is 0.129. The molecule has 0 aliphatic carbocycles. The number of cyclic esters (lactones) is 1. The van der Waals surface area contributed by atoms with Gasteiger partial charge in [-0.3, -0.25) is 9.59 Å². The van der Waals surface area contributed by atoms with Crippen LogP contribution in [0.2, 0.25) is 5.02 Å². The van der Waals surface area contributed by atoms with Crippen molar-refractivity contribution in [2.45, 2.75) is 52.1 Å². The maximum absolute atomic E-state index is 13.2. The van der Waals surface area contributed by atoms with Crippen molar-refractivity contribution < 1.29 is 23.5 Å². The van der Waals surface area contributed by atoms with Crippen molar-refractivity contribution in [1.29, 1.82) is 0 Å². The van der Waals surface area contributed by atoms with Gasteiger partial charge in [-0.15, -0.1) is 0 Å². The van der Waals surface area contributed by atoms with Crippen LogP contribution in [0.1, 0.15) is 83.2 Å². The fourth-order valence-electron chi connectivity index (χ4n) is 4.39. The summed E-state index contributed by atoms with van der Waals surface area (Å²) in [7, 11) is 0. The summed E-state index contributed by atoms with van der Waals surface area (Å²) in [5.74, 6) is -1.63. The number of hydrogen-bond donors (Lipinski definition) is 2. The molecular weight excluding hydrogens is 447 g/mol. The van der Waals surface area contributed by atoms with Gasteiger partial charge in [0.05, 0.1) is 11.1 Å². The molecule has 0 unspecified atom stereocenters. The molecular formula is C25H26ClFN2O4. The Balaban J connectivity index is 0.000000186. The lowest BCUT2D eigenvalue weighted by molar-refractivity contribution is -0.0183. The molecule has 0 spiro atoms. The summed E-state index contributed by atoms with van der Waals surface area (Å²) in [4.78, 5) is 37.3. The molecule has 2 aromatic carbocycles. The Morgan fingerprint density at radius 3 is 2.36 bits per heavy atom. The summed E-state index contributed by atoms with van der Waals surface area (Å²) < 4.78 is 18.7. The summed E-state index contributed by atoms with van der Waals surface area (Å²) in [5, 5.41) is 1.19. The number of benzene rings is 2. The molecule has 3 aromatic rings. The van der Waals surface area contributed by atoms with Gasteiger partial charge in [0.1, 0.15) is 17.1 Å². The summed E-state index contributed by atoms with van der Waals surface area (Å²) >= 11 is 5.82. The lowest BCUT2D eigenvalue weighted by Crippen LogP contribution is -2.25. The van der Waals surface area contributed by atoms with Crippen molar-refractivity contribution in [3.63, 3.8) is 0 Å². The number of primary amides is 1. The highest BCUT2D eigenvalue weighted by atomic mass is 35.5. The van der Waals surface area contributed by atoms with E-state index < -0.39 is 11.5 Å². The first-order chi connectivity index (χ1) is 15.6. The van der Waals surface area contributed by atoms with Gasteiger partial charge in [0.2, 0.25) is 0 Å². The summed E-state index contributed by atoms with van der Waals surface area (Å²) in [6, 6.07) is 9.38. The number of amides is 1. The summed E-state index contributed by atoms with van der Waals surface area (Å²) in [6.45, 7) is 5.52. The first-order valence-corrected chi connectivity index (χ1v) is 11.2. The molecule has 0 radical (unpaired) electrons. The number of aromatic nitrogens is 1. The quantitative estimate of drug-likeness (QED) is 0.343. The number of hydrogen-bond acceptors (Lipinski definition) is 4. The number of rotatable bonds is 6. The zero-order valence-electron chi connectivity index (χ0n) is 18.8. The molecule has 2 heterocycles. The van der Waals surface area contributed by atoms with E-state index in [0.717, 1.165) is 31.2 Å². The van der Waals surface area contributed by atoms with Crippen LogP contribution in [0.3, 0.4) is 0 Å². The third kappa shape index (κ3) is 4.78. The molecule has 3 N–H and O–H groups in total. The summed E-state index contributed by atoms with van der Waals surface area (Å²) in [6.07, 6.45) is 3.46. The Hall–Kier alpha value is -3.19. The summed E-state index contributed by atoms with van der Waals surface area (Å²) in [5.41, 5.74) is 7.00. The molecule has 0 fully saturated rings. The predicted molar refractivity (Wildman–Crippen MR) is 125 cm³/mol. The normalized spacial score (nSPS) is 13.8. The molecule has 1 aliphatic rings. The minimum atomic E-state index is -0.655. The molecule has 1 aliphatic heterocycles. The number of Topliss-reactive ketones (excluding diaryl/α,β-unsaturated/α-hetero) is 1. The molecule has 0 atom stereocenters. The Morgan fingerprint density at radius 2 is 1.79 bits per heavy atom. The second kappa shape index (κ2) is 9.75. The number of halogens is 2. The second-order valence-electron chi connectivity index (χ2n) is 8.06. The van der Waals surface area contributed by atoms with Crippen LogP contribution in [-0.2, 0) is 10.3 Å². The zero-order chi connectivity index (χ0) is 24.3. The van der Waals surface area contributed by atoms with E-state index in [4.69, 9.17) is 22.1 Å². The van der Waals surface area contributed by atoms with Crippen LogP contribution in [0, 0.1) is 5.82 Å². The van der Waals surface area contributed by atoms with Gasteiger partial charge in [0, 0.05) is 21.5 Å². The number of ether oxygens (including phenoxy) is 1. The van der Waals surface area contributed by atoms with Crippen LogP contribution < -0.4 is 5.73 Å². The van der Waals surface area contributed by atoms with Crippen LogP contribution in [0.25, 0.3) is 10.9 Å². The molecule has 174 valence electrons. The number of aromatic amines is 1. The molecule has 0 saturated heterocycles. The van der Waals surface area contributed by atoms with Crippen LogP contribution in [0.4, 0.5) is 4.39 Å². The van der Waals surface area contributed by atoms with Crippen LogP contribution in [0.15, 0.2) is 36.4 Å². The number of ketones is 1. The molecule has 8 heteroatoms. The number of H-pyrrole nitrogens is 1. The lowest BCUT2D eigenvalue weighted by atomic mass is 9.84. The fourth-order valence-corrected chi connectivity index (χ4v) is 4.57. The van der Waals surface area contributed by atoms with Crippen molar-refractivity contribution >= 4 is 40.2 Å².